The minimum absolute atomic E-state index is 0.0839. The Morgan fingerprint density at radius 3 is 2.23 bits per heavy atom. The van der Waals surface area contributed by atoms with Gasteiger partial charge in [0.15, 0.2) is 0 Å². The lowest BCUT2D eigenvalue weighted by molar-refractivity contribution is -0.00992. The number of benzene rings is 1. The van der Waals surface area contributed by atoms with Gasteiger partial charge in [0, 0.05) is 11.1 Å². The summed E-state index contributed by atoms with van der Waals surface area (Å²) in [5, 5.41) is 3.61. The lowest BCUT2D eigenvalue weighted by Crippen LogP contribution is -2.59. The summed E-state index contributed by atoms with van der Waals surface area (Å²) in [7, 11) is -3.51. The highest BCUT2D eigenvalue weighted by molar-refractivity contribution is 7.90. The monoisotopic (exact) mass is 316 g/mol. The van der Waals surface area contributed by atoms with Gasteiger partial charge in [-0.25, -0.2) is 0 Å². The average Bonchev–Trinajstić information content (AvgIpc) is 2.68. The summed E-state index contributed by atoms with van der Waals surface area (Å²) in [6.45, 7) is 0. The summed E-state index contributed by atoms with van der Waals surface area (Å²) >= 11 is 0. The van der Waals surface area contributed by atoms with Crippen LogP contribution >= 0.6 is 0 Å². The molecular formula is C17H20N2O2S. The van der Waals surface area contributed by atoms with Crippen LogP contribution in [0.3, 0.4) is 0 Å². The summed E-state index contributed by atoms with van der Waals surface area (Å²) in [4.78, 5) is 0.349. The van der Waals surface area contributed by atoms with Gasteiger partial charge in [0.25, 0.3) is 10.0 Å². The second kappa shape index (κ2) is 4.13. The van der Waals surface area contributed by atoms with E-state index in [9.17, 15) is 8.42 Å². The Morgan fingerprint density at radius 2 is 1.59 bits per heavy atom. The van der Waals surface area contributed by atoms with Gasteiger partial charge in [-0.1, -0.05) is 12.1 Å². The molecule has 0 saturated heterocycles. The third kappa shape index (κ3) is 1.81. The average molecular weight is 316 g/mol. The molecular weight excluding hydrogens is 296 g/mol. The quantitative estimate of drug-likeness (QED) is 0.866. The van der Waals surface area contributed by atoms with Crippen molar-refractivity contribution in [2.45, 2.75) is 49.0 Å². The van der Waals surface area contributed by atoms with Crippen LogP contribution in [-0.4, -0.2) is 19.8 Å². The number of nitrogens with one attached hydrogen (secondary N) is 1. The molecule has 4 saturated carbocycles. The number of sulfonamides is 1. The molecule has 5 aliphatic rings. The molecule has 0 aromatic heterocycles. The first-order valence-corrected chi connectivity index (χ1v) is 9.70. The van der Waals surface area contributed by atoms with Crippen LogP contribution in [0.15, 0.2) is 33.6 Å². The first-order chi connectivity index (χ1) is 10.5. The van der Waals surface area contributed by atoms with E-state index < -0.39 is 10.0 Å². The van der Waals surface area contributed by atoms with Crippen molar-refractivity contribution >= 4 is 15.9 Å². The Hall–Kier alpha value is -1.36. The molecule has 22 heavy (non-hydrogen) atoms. The van der Waals surface area contributed by atoms with E-state index in [2.05, 4.69) is 9.71 Å². The predicted molar refractivity (Wildman–Crippen MR) is 84.2 cm³/mol. The largest absolute Gasteiger partial charge is 0.363 e. The molecule has 0 atom stereocenters. The molecule has 4 aliphatic carbocycles. The highest BCUT2D eigenvalue weighted by Crippen LogP contribution is 2.55. The molecule has 1 heterocycles. The van der Waals surface area contributed by atoms with E-state index >= 15 is 0 Å². The molecule has 1 aromatic carbocycles. The number of nitrogens with zero attached hydrogens (tertiary/aromatic N) is 1. The topological polar surface area (TPSA) is 58.5 Å². The van der Waals surface area contributed by atoms with Crippen molar-refractivity contribution in [1.82, 2.24) is 5.32 Å². The highest BCUT2D eigenvalue weighted by Gasteiger charge is 2.51. The zero-order valence-corrected chi connectivity index (χ0v) is 13.3. The molecule has 1 N–H and O–H groups in total. The van der Waals surface area contributed by atoms with Crippen molar-refractivity contribution in [3.8, 4) is 0 Å². The Bertz CT molecular complexity index is 746. The molecule has 0 radical (unpaired) electrons. The fourth-order valence-corrected chi connectivity index (χ4v) is 6.89. The summed E-state index contributed by atoms with van der Waals surface area (Å²) < 4.78 is 28.5. The third-order valence-electron chi connectivity index (χ3n) is 6.05. The standard InChI is InChI=1S/C17H20N2O2S/c20-22(21)15-4-2-1-3-14(15)16(19-22)18-17-8-11-5-12(9-17)7-13(6-11)10-17/h1-4,11-13H,5-10H2,(H,18,19). The molecule has 1 aromatic rings. The van der Waals surface area contributed by atoms with Crippen LogP contribution in [0.5, 0.6) is 0 Å². The van der Waals surface area contributed by atoms with Crippen LogP contribution in [0.4, 0.5) is 0 Å². The third-order valence-corrected chi connectivity index (χ3v) is 7.39. The number of hydrogen-bond acceptors (Lipinski definition) is 3. The van der Waals surface area contributed by atoms with Gasteiger partial charge < -0.3 is 5.32 Å². The first kappa shape index (κ1) is 13.1. The van der Waals surface area contributed by atoms with Crippen LogP contribution in [0.1, 0.15) is 44.1 Å². The zero-order chi connectivity index (χ0) is 14.9. The van der Waals surface area contributed by atoms with Crippen LogP contribution in [-0.2, 0) is 10.0 Å². The van der Waals surface area contributed by atoms with Crippen molar-refractivity contribution in [2.75, 3.05) is 0 Å². The smallest absolute Gasteiger partial charge is 0.285 e. The minimum Gasteiger partial charge on any atom is -0.363 e. The van der Waals surface area contributed by atoms with E-state index in [1.165, 1.54) is 38.5 Å². The number of rotatable bonds is 1. The Labute approximate surface area is 131 Å². The summed E-state index contributed by atoms with van der Waals surface area (Å²) in [6, 6.07) is 7.17. The Balaban J connectivity index is 1.52. The van der Waals surface area contributed by atoms with Crippen LogP contribution in [0.2, 0.25) is 0 Å². The molecule has 4 fully saturated rings. The van der Waals surface area contributed by atoms with E-state index in [4.69, 9.17) is 0 Å². The molecule has 4 nitrogen and oxygen atoms in total. The van der Waals surface area contributed by atoms with Crippen LogP contribution in [0, 0.1) is 17.8 Å². The molecule has 116 valence electrons. The lowest BCUT2D eigenvalue weighted by Gasteiger charge is -2.57. The molecule has 0 spiro atoms. The van der Waals surface area contributed by atoms with Gasteiger partial charge in [0.05, 0.1) is 0 Å². The summed E-state index contributed by atoms with van der Waals surface area (Å²) in [5.41, 5.74) is 0.832. The normalized spacial score (nSPS) is 40.4. The van der Waals surface area contributed by atoms with Crippen LogP contribution < -0.4 is 5.32 Å². The van der Waals surface area contributed by atoms with Gasteiger partial charge in [-0.3, -0.25) is 0 Å². The van der Waals surface area contributed by atoms with Gasteiger partial charge in [-0.05, 0) is 68.4 Å². The fraction of sp³-hybridized carbons (Fsp3) is 0.588. The van der Waals surface area contributed by atoms with E-state index in [-0.39, 0.29) is 5.54 Å². The molecule has 1 aliphatic heterocycles. The van der Waals surface area contributed by atoms with E-state index in [1.807, 2.05) is 12.1 Å². The van der Waals surface area contributed by atoms with Crippen molar-refractivity contribution in [3.05, 3.63) is 29.8 Å². The molecule has 0 unspecified atom stereocenters. The Kier molecular flexibility index (Phi) is 2.46. The molecule has 0 amide bonds. The van der Waals surface area contributed by atoms with Crippen molar-refractivity contribution in [3.63, 3.8) is 0 Å². The summed E-state index contributed by atoms with van der Waals surface area (Å²) in [6.07, 6.45) is 7.67. The second-order valence-corrected chi connectivity index (χ2v) is 9.31. The maximum absolute atomic E-state index is 12.2. The van der Waals surface area contributed by atoms with Crippen molar-refractivity contribution in [2.24, 2.45) is 22.2 Å². The van der Waals surface area contributed by atoms with Crippen LogP contribution in [0.25, 0.3) is 0 Å². The zero-order valence-electron chi connectivity index (χ0n) is 12.5. The van der Waals surface area contributed by atoms with Gasteiger partial charge in [0.1, 0.15) is 10.7 Å². The maximum Gasteiger partial charge on any atom is 0.285 e. The van der Waals surface area contributed by atoms with E-state index in [0.29, 0.717) is 10.7 Å². The Morgan fingerprint density at radius 1 is 1.00 bits per heavy atom. The molecule has 6 rings (SSSR count). The molecule has 4 bridgehead atoms. The van der Waals surface area contributed by atoms with E-state index in [1.54, 1.807) is 12.1 Å². The number of amidine groups is 1. The first-order valence-electron chi connectivity index (χ1n) is 8.26. The van der Waals surface area contributed by atoms with Gasteiger partial charge in [-0.2, -0.15) is 8.42 Å². The van der Waals surface area contributed by atoms with Crippen molar-refractivity contribution in [1.29, 1.82) is 0 Å². The predicted octanol–water partition coefficient (Wildman–Crippen LogP) is 2.69. The van der Waals surface area contributed by atoms with Gasteiger partial charge >= 0.3 is 0 Å². The number of fused-ring (bicyclic) bond motifs is 1. The fourth-order valence-electron chi connectivity index (χ4n) is 5.71. The lowest BCUT2D eigenvalue weighted by atomic mass is 9.53. The summed E-state index contributed by atoms with van der Waals surface area (Å²) in [5.74, 6) is 3.06. The van der Waals surface area contributed by atoms with Gasteiger partial charge in [0.2, 0.25) is 0 Å². The minimum atomic E-state index is -3.51. The SMILES string of the molecule is O=S1(=O)N=C(NC23CC4CC(CC(C4)C2)C3)c2ccccc21. The number of hydrogen-bond donors (Lipinski definition) is 1. The maximum atomic E-state index is 12.2. The van der Waals surface area contributed by atoms with E-state index in [0.717, 1.165) is 23.3 Å². The second-order valence-electron chi connectivity index (χ2n) is 7.73. The molecule has 5 heteroatoms. The van der Waals surface area contributed by atoms with Gasteiger partial charge in [-0.15, -0.1) is 4.40 Å². The highest BCUT2D eigenvalue weighted by atomic mass is 32.2. The van der Waals surface area contributed by atoms with Crippen molar-refractivity contribution < 1.29 is 8.42 Å².